The van der Waals surface area contributed by atoms with Crippen LogP contribution in [0.4, 0.5) is 5.69 Å². The van der Waals surface area contributed by atoms with E-state index in [1.807, 2.05) is 60.7 Å². The maximum atomic E-state index is 12.9. The molecule has 7 nitrogen and oxygen atoms in total. The summed E-state index contributed by atoms with van der Waals surface area (Å²) in [6.07, 6.45) is 3.23. The minimum absolute atomic E-state index is 0.145. The van der Waals surface area contributed by atoms with Crippen LogP contribution in [0.2, 0.25) is 0 Å². The van der Waals surface area contributed by atoms with Crippen molar-refractivity contribution in [2.75, 3.05) is 24.7 Å². The van der Waals surface area contributed by atoms with E-state index < -0.39 is 5.54 Å². The predicted molar refractivity (Wildman–Crippen MR) is 138 cm³/mol. The molecule has 1 aromatic heterocycles. The minimum Gasteiger partial charge on any atom is -0.457 e. The average Bonchev–Trinajstić information content (AvgIpc) is 3.56. The molecule has 2 saturated heterocycles. The molecule has 2 aliphatic heterocycles. The number of nitrogens with one attached hydrogen (secondary N) is 1. The first-order valence-electron chi connectivity index (χ1n) is 12.3. The molecule has 0 saturated carbocycles. The molecule has 0 unspecified atom stereocenters. The molecule has 0 bridgehead atoms. The Morgan fingerprint density at radius 1 is 0.944 bits per heavy atom. The van der Waals surface area contributed by atoms with Crippen LogP contribution in [0.3, 0.4) is 0 Å². The summed E-state index contributed by atoms with van der Waals surface area (Å²) < 4.78 is 11.6. The maximum Gasteiger partial charge on any atom is 0.247 e. The van der Waals surface area contributed by atoms with Crippen LogP contribution in [0.15, 0.2) is 95.6 Å². The second-order valence-corrected chi connectivity index (χ2v) is 9.36. The van der Waals surface area contributed by atoms with E-state index in [1.165, 1.54) is 5.56 Å². The van der Waals surface area contributed by atoms with Crippen LogP contribution in [0.25, 0.3) is 11.3 Å². The standard InChI is InChI=1S/C29H28N4O3/c34-28-29(33(21-30-28)23-8-2-1-3-9-23)14-17-32(18-15-29)20-22-7-6-10-24(19-22)35-26-12-5-4-11-25(26)27-13-16-31-36-27/h1-13,16,19H,14-15,17-18,20-21H2,(H,30,34). The highest BCUT2D eigenvalue weighted by atomic mass is 16.5. The number of piperidine rings is 1. The Labute approximate surface area is 210 Å². The van der Waals surface area contributed by atoms with Gasteiger partial charge in [-0.3, -0.25) is 9.69 Å². The third-order valence-electron chi connectivity index (χ3n) is 7.21. The van der Waals surface area contributed by atoms with Gasteiger partial charge in [0.1, 0.15) is 17.0 Å². The highest BCUT2D eigenvalue weighted by Crippen LogP contribution is 2.37. The number of carbonyl (C=O) groups is 1. The van der Waals surface area contributed by atoms with Crippen molar-refractivity contribution in [2.24, 2.45) is 0 Å². The first kappa shape index (κ1) is 22.4. The molecule has 0 aliphatic carbocycles. The topological polar surface area (TPSA) is 70.8 Å². The summed E-state index contributed by atoms with van der Waals surface area (Å²) in [7, 11) is 0. The van der Waals surface area contributed by atoms with Crippen molar-refractivity contribution in [1.82, 2.24) is 15.4 Å². The monoisotopic (exact) mass is 480 g/mol. The molecule has 0 radical (unpaired) electrons. The predicted octanol–water partition coefficient (Wildman–Crippen LogP) is 5.06. The Kier molecular flexibility index (Phi) is 5.91. The number of carbonyl (C=O) groups excluding carboxylic acids is 1. The van der Waals surface area contributed by atoms with Crippen LogP contribution in [0, 0.1) is 0 Å². The van der Waals surface area contributed by atoms with E-state index in [1.54, 1.807) is 6.20 Å². The molecule has 1 amide bonds. The molecular formula is C29H28N4O3. The van der Waals surface area contributed by atoms with Gasteiger partial charge in [0.15, 0.2) is 5.76 Å². The summed E-state index contributed by atoms with van der Waals surface area (Å²) in [5.41, 5.74) is 2.67. The molecule has 3 heterocycles. The largest absolute Gasteiger partial charge is 0.457 e. The minimum atomic E-state index is -0.465. The van der Waals surface area contributed by atoms with E-state index in [-0.39, 0.29) is 5.91 Å². The molecular weight excluding hydrogens is 452 g/mol. The summed E-state index contributed by atoms with van der Waals surface area (Å²) in [6, 6.07) is 28.0. The zero-order chi connectivity index (χ0) is 24.4. The van der Waals surface area contributed by atoms with Crippen LogP contribution in [0.5, 0.6) is 11.5 Å². The van der Waals surface area contributed by atoms with Gasteiger partial charge in [-0.15, -0.1) is 0 Å². The lowest BCUT2D eigenvalue weighted by Gasteiger charge is -2.43. The fraction of sp³-hybridized carbons (Fsp3) is 0.241. The molecule has 0 atom stereocenters. The fourth-order valence-electron chi connectivity index (χ4n) is 5.32. The van der Waals surface area contributed by atoms with Gasteiger partial charge < -0.3 is 19.5 Å². The average molecular weight is 481 g/mol. The van der Waals surface area contributed by atoms with E-state index in [2.05, 4.69) is 44.5 Å². The van der Waals surface area contributed by atoms with Gasteiger partial charge >= 0.3 is 0 Å². The Morgan fingerprint density at radius 2 is 1.75 bits per heavy atom. The smallest absolute Gasteiger partial charge is 0.247 e. The lowest BCUT2D eigenvalue weighted by molar-refractivity contribution is -0.125. The summed E-state index contributed by atoms with van der Waals surface area (Å²) in [5.74, 6) is 2.31. The van der Waals surface area contributed by atoms with Gasteiger partial charge in [0.25, 0.3) is 0 Å². The number of benzene rings is 3. The van der Waals surface area contributed by atoms with Gasteiger partial charge in [-0.1, -0.05) is 47.6 Å². The van der Waals surface area contributed by atoms with Gasteiger partial charge in [-0.2, -0.15) is 0 Å². The SMILES string of the molecule is O=C1NCN(c2ccccc2)C12CCN(Cc1cccc(Oc3ccccc3-c3ccno3)c1)CC2. The lowest BCUT2D eigenvalue weighted by Crippen LogP contribution is -2.56. The number of anilines is 1. The summed E-state index contributed by atoms with van der Waals surface area (Å²) in [6.45, 7) is 3.09. The van der Waals surface area contributed by atoms with Gasteiger partial charge in [0.2, 0.25) is 5.91 Å². The fourth-order valence-corrected chi connectivity index (χ4v) is 5.32. The molecule has 182 valence electrons. The Hall–Kier alpha value is -4.10. The number of aromatic nitrogens is 1. The van der Waals surface area contributed by atoms with E-state index in [0.29, 0.717) is 12.4 Å². The van der Waals surface area contributed by atoms with Crippen LogP contribution in [0.1, 0.15) is 18.4 Å². The van der Waals surface area contributed by atoms with Gasteiger partial charge in [0.05, 0.1) is 18.4 Å². The third-order valence-corrected chi connectivity index (χ3v) is 7.21. The van der Waals surface area contributed by atoms with Gasteiger partial charge in [0, 0.05) is 31.4 Å². The van der Waals surface area contributed by atoms with E-state index >= 15 is 0 Å². The molecule has 2 aliphatic rings. The van der Waals surface area contributed by atoms with Crippen LogP contribution >= 0.6 is 0 Å². The van der Waals surface area contributed by atoms with Gasteiger partial charge in [-0.05, 0) is 54.8 Å². The van der Waals surface area contributed by atoms with Crippen molar-refractivity contribution >= 4 is 11.6 Å². The zero-order valence-electron chi connectivity index (χ0n) is 20.0. The van der Waals surface area contributed by atoms with E-state index in [4.69, 9.17) is 9.26 Å². The molecule has 6 rings (SSSR count). The molecule has 36 heavy (non-hydrogen) atoms. The van der Waals surface area contributed by atoms with Crippen molar-refractivity contribution in [1.29, 1.82) is 0 Å². The molecule has 1 N–H and O–H groups in total. The number of ether oxygens (including phenoxy) is 1. The molecule has 7 heteroatoms. The number of para-hydroxylation sites is 2. The molecule has 4 aromatic rings. The van der Waals surface area contributed by atoms with Crippen LogP contribution in [-0.2, 0) is 11.3 Å². The molecule has 2 fully saturated rings. The summed E-state index contributed by atoms with van der Waals surface area (Å²) >= 11 is 0. The highest BCUT2D eigenvalue weighted by Gasteiger charge is 2.50. The van der Waals surface area contributed by atoms with Crippen molar-refractivity contribution < 1.29 is 14.1 Å². The quantitative estimate of drug-likeness (QED) is 0.416. The number of hydrogen-bond acceptors (Lipinski definition) is 6. The summed E-state index contributed by atoms with van der Waals surface area (Å²) in [4.78, 5) is 17.6. The molecule has 3 aromatic carbocycles. The number of rotatable bonds is 6. The lowest BCUT2D eigenvalue weighted by atomic mass is 9.85. The number of nitrogens with zero attached hydrogens (tertiary/aromatic N) is 3. The Morgan fingerprint density at radius 3 is 2.56 bits per heavy atom. The van der Waals surface area contributed by atoms with Crippen molar-refractivity contribution in [2.45, 2.75) is 24.9 Å². The van der Waals surface area contributed by atoms with E-state index in [0.717, 1.165) is 55.2 Å². The number of hydrogen-bond donors (Lipinski definition) is 1. The maximum absolute atomic E-state index is 12.9. The van der Waals surface area contributed by atoms with Crippen molar-refractivity contribution in [3.63, 3.8) is 0 Å². The first-order chi connectivity index (χ1) is 17.7. The second kappa shape index (κ2) is 9.51. The number of amides is 1. The van der Waals surface area contributed by atoms with Crippen molar-refractivity contribution in [3.05, 3.63) is 96.7 Å². The summed E-state index contributed by atoms with van der Waals surface area (Å²) in [5, 5.41) is 6.89. The highest BCUT2D eigenvalue weighted by molar-refractivity contribution is 5.93. The van der Waals surface area contributed by atoms with Crippen molar-refractivity contribution in [3.8, 4) is 22.8 Å². The second-order valence-electron chi connectivity index (χ2n) is 9.36. The zero-order valence-corrected chi connectivity index (χ0v) is 20.0. The normalized spacial score (nSPS) is 17.3. The Balaban J connectivity index is 1.14. The van der Waals surface area contributed by atoms with Gasteiger partial charge in [-0.25, -0.2) is 0 Å². The van der Waals surface area contributed by atoms with Crippen LogP contribution in [-0.4, -0.2) is 41.3 Å². The number of likely N-dealkylation sites (tertiary alicyclic amines) is 1. The first-order valence-corrected chi connectivity index (χ1v) is 12.3. The van der Waals surface area contributed by atoms with Crippen LogP contribution < -0.4 is 15.0 Å². The third kappa shape index (κ3) is 4.22. The molecule has 1 spiro atoms. The van der Waals surface area contributed by atoms with E-state index in [9.17, 15) is 4.79 Å². The Bertz CT molecular complexity index is 1330.